The van der Waals surface area contributed by atoms with E-state index in [-0.39, 0.29) is 12.3 Å². The molecular formula is C14H29NO2. The highest BCUT2D eigenvalue weighted by atomic mass is 16.7. The molecule has 4 atom stereocenters. The van der Waals surface area contributed by atoms with Crippen LogP contribution in [0.5, 0.6) is 0 Å². The monoisotopic (exact) mass is 243 g/mol. The Kier molecular flexibility index (Phi) is 6.45. The third kappa shape index (κ3) is 4.23. The molecule has 0 amide bonds. The third-order valence-electron chi connectivity index (χ3n) is 4.16. The van der Waals surface area contributed by atoms with Crippen LogP contribution >= 0.6 is 0 Å². The molecule has 0 saturated heterocycles. The highest BCUT2D eigenvalue weighted by Gasteiger charge is 2.33. The van der Waals surface area contributed by atoms with Crippen molar-refractivity contribution in [1.82, 2.24) is 0 Å². The van der Waals surface area contributed by atoms with Crippen molar-refractivity contribution >= 4 is 0 Å². The van der Waals surface area contributed by atoms with E-state index in [0.717, 1.165) is 11.8 Å². The fourth-order valence-electron chi connectivity index (χ4n) is 2.76. The molecule has 0 aromatic rings. The second-order valence-corrected chi connectivity index (χ2v) is 5.38. The molecule has 0 aliphatic heterocycles. The van der Waals surface area contributed by atoms with Crippen molar-refractivity contribution in [1.29, 1.82) is 0 Å². The smallest absolute Gasteiger partial charge is 0.172 e. The zero-order valence-corrected chi connectivity index (χ0v) is 11.8. The number of rotatable bonds is 6. The molecule has 17 heavy (non-hydrogen) atoms. The van der Waals surface area contributed by atoms with Crippen molar-refractivity contribution in [2.75, 3.05) is 13.2 Å². The maximum Gasteiger partial charge on any atom is 0.172 e. The minimum absolute atomic E-state index is 0.0184. The summed E-state index contributed by atoms with van der Waals surface area (Å²) >= 11 is 0. The summed E-state index contributed by atoms with van der Waals surface area (Å²) in [6, 6.07) is 0.0184. The summed E-state index contributed by atoms with van der Waals surface area (Å²) in [6.07, 6.45) is 3.47. The lowest BCUT2D eigenvalue weighted by molar-refractivity contribution is -0.159. The van der Waals surface area contributed by atoms with Crippen LogP contribution in [0.25, 0.3) is 0 Å². The van der Waals surface area contributed by atoms with Gasteiger partial charge in [-0.05, 0) is 44.4 Å². The first-order valence-corrected chi connectivity index (χ1v) is 7.08. The van der Waals surface area contributed by atoms with E-state index in [4.69, 9.17) is 15.2 Å². The van der Waals surface area contributed by atoms with Crippen molar-refractivity contribution in [3.05, 3.63) is 0 Å². The quantitative estimate of drug-likeness (QED) is 0.730. The van der Waals surface area contributed by atoms with E-state index in [0.29, 0.717) is 19.1 Å². The predicted octanol–water partition coefficient (Wildman–Crippen LogP) is 2.79. The van der Waals surface area contributed by atoms with E-state index >= 15 is 0 Å². The second-order valence-electron chi connectivity index (χ2n) is 5.38. The standard InChI is InChI=1S/C14H29NO2/c1-5-16-14(17-6-2)13(15)12-8-7-10(3)11(4)9-12/h10-14H,5-9,15H2,1-4H3. The van der Waals surface area contributed by atoms with Gasteiger partial charge in [0.1, 0.15) is 0 Å². The Morgan fingerprint density at radius 2 is 1.65 bits per heavy atom. The van der Waals surface area contributed by atoms with Crippen LogP contribution in [0, 0.1) is 17.8 Å². The van der Waals surface area contributed by atoms with Gasteiger partial charge in [-0.15, -0.1) is 0 Å². The van der Waals surface area contributed by atoms with Gasteiger partial charge in [-0.1, -0.05) is 20.3 Å². The molecule has 102 valence electrons. The summed E-state index contributed by atoms with van der Waals surface area (Å²) in [5, 5.41) is 0. The van der Waals surface area contributed by atoms with Gasteiger partial charge in [0.15, 0.2) is 6.29 Å². The fourth-order valence-corrected chi connectivity index (χ4v) is 2.76. The van der Waals surface area contributed by atoms with Gasteiger partial charge in [0, 0.05) is 13.2 Å². The van der Waals surface area contributed by atoms with Crippen molar-refractivity contribution < 1.29 is 9.47 Å². The summed E-state index contributed by atoms with van der Waals surface area (Å²) in [5.41, 5.74) is 6.32. The first kappa shape index (κ1) is 14.9. The van der Waals surface area contributed by atoms with Crippen molar-refractivity contribution in [2.45, 2.75) is 59.3 Å². The summed E-state index contributed by atoms with van der Waals surface area (Å²) in [7, 11) is 0. The van der Waals surface area contributed by atoms with E-state index in [1.807, 2.05) is 13.8 Å². The van der Waals surface area contributed by atoms with Crippen LogP contribution in [0.2, 0.25) is 0 Å². The lowest BCUT2D eigenvalue weighted by atomic mass is 9.73. The highest BCUT2D eigenvalue weighted by molar-refractivity contribution is 4.83. The molecule has 0 aromatic heterocycles. The molecule has 3 nitrogen and oxygen atoms in total. The predicted molar refractivity (Wildman–Crippen MR) is 70.7 cm³/mol. The highest BCUT2D eigenvalue weighted by Crippen LogP contribution is 2.35. The molecule has 0 aromatic carbocycles. The minimum Gasteiger partial charge on any atom is -0.351 e. The molecule has 1 rings (SSSR count). The van der Waals surface area contributed by atoms with E-state index in [2.05, 4.69) is 13.8 Å². The average Bonchev–Trinajstić information content (AvgIpc) is 2.31. The SMILES string of the molecule is CCOC(OCC)C(N)C1CCC(C)C(C)C1. The number of hydrogen-bond donors (Lipinski definition) is 1. The van der Waals surface area contributed by atoms with Gasteiger partial charge in [-0.2, -0.15) is 0 Å². The number of ether oxygens (including phenoxy) is 2. The zero-order valence-electron chi connectivity index (χ0n) is 11.8. The van der Waals surface area contributed by atoms with Gasteiger partial charge >= 0.3 is 0 Å². The van der Waals surface area contributed by atoms with E-state index < -0.39 is 0 Å². The van der Waals surface area contributed by atoms with Crippen LogP contribution in [0.1, 0.15) is 47.0 Å². The summed E-state index contributed by atoms with van der Waals surface area (Å²) in [5.74, 6) is 2.14. The molecule has 0 bridgehead atoms. The first-order chi connectivity index (χ1) is 8.10. The Bertz CT molecular complexity index is 204. The molecule has 2 N–H and O–H groups in total. The third-order valence-corrected chi connectivity index (χ3v) is 4.16. The summed E-state index contributed by atoms with van der Waals surface area (Å²) in [6.45, 7) is 9.98. The molecule has 0 radical (unpaired) electrons. The van der Waals surface area contributed by atoms with Crippen LogP contribution in [0.3, 0.4) is 0 Å². The molecular weight excluding hydrogens is 214 g/mol. The first-order valence-electron chi connectivity index (χ1n) is 7.08. The lowest BCUT2D eigenvalue weighted by Gasteiger charge is -2.37. The van der Waals surface area contributed by atoms with E-state index in [1.165, 1.54) is 19.3 Å². The zero-order chi connectivity index (χ0) is 12.8. The molecule has 0 spiro atoms. The number of hydrogen-bond acceptors (Lipinski definition) is 3. The Labute approximate surface area is 106 Å². The second kappa shape index (κ2) is 7.34. The molecule has 1 fully saturated rings. The Balaban J connectivity index is 2.51. The van der Waals surface area contributed by atoms with Crippen molar-refractivity contribution in [3.63, 3.8) is 0 Å². The van der Waals surface area contributed by atoms with Crippen LogP contribution < -0.4 is 5.73 Å². The van der Waals surface area contributed by atoms with Gasteiger partial charge in [-0.3, -0.25) is 0 Å². The minimum atomic E-state index is -0.226. The molecule has 0 heterocycles. The summed E-state index contributed by atoms with van der Waals surface area (Å²) in [4.78, 5) is 0. The topological polar surface area (TPSA) is 44.5 Å². The molecule has 3 heteroatoms. The largest absolute Gasteiger partial charge is 0.351 e. The molecule has 1 aliphatic rings. The Morgan fingerprint density at radius 3 is 2.12 bits per heavy atom. The van der Waals surface area contributed by atoms with Crippen LogP contribution in [-0.2, 0) is 9.47 Å². The van der Waals surface area contributed by atoms with Gasteiger partial charge in [0.2, 0.25) is 0 Å². The fraction of sp³-hybridized carbons (Fsp3) is 1.00. The molecule has 1 aliphatic carbocycles. The molecule has 4 unspecified atom stereocenters. The van der Waals surface area contributed by atoms with Gasteiger partial charge < -0.3 is 15.2 Å². The maximum absolute atomic E-state index is 6.32. The van der Waals surface area contributed by atoms with Crippen LogP contribution in [0.15, 0.2) is 0 Å². The van der Waals surface area contributed by atoms with E-state index in [1.54, 1.807) is 0 Å². The van der Waals surface area contributed by atoms with Gasteiger partial charge in [0.05, 0.1) is 6.04 Å². The van der Waals surface area contributed by atoms with Crippen molar-refractivity contribution in [2.24, 2.45) is 23.5 Å². The lowest BCUT2D eigenvalue weighted by Crippen LogP contribution is -2.46. The average molecular weight is 243 g/mol. The number of nitrogens with two attached hydrogens (primary N) is 1. The summed E-state index contributed by atoms with van der Waals surface area (Å²) < 4.78 is 11.2. The normalized spacial score (nSPS) is 31.8. The Hall–Kier alpha value is -0.120. The maximum atomic E-state index is 6.32. The van der Waals surface area contributed by atoms with Crippen molar-refractivity contribution in [3.8, 4) is 0 Å². The van der Waals surface area contributed by atoms with Gasteiger partial charge in [-0.25, -0.2) is 0 Å². The Morgan fingerprint density at radius 1 is 1.06 bits per heavy atom. The van der Waals surface area contributed by atoms with Crippen LogP contribution in [0.4, 0.5) is 0 Å². The van der Waals surface area contributed by atoms with Gasteiger partial charge in [0.25, 0.3) is 0 Å². The molecule has 1 saturated carbocycles. The van der Waals surface area contributed by atoms with E-state index in [9.17, 15) is 0 Å². The van der Waals surface area contributed by atoms with Crippen LogP contribution in [-0.4, -0.2) is 25.5 Å².